The predicted octanol–water partition coefficient (Wildman–Crippen LogP) is 3.05. The van der Waals surface area contributed by atoms with Crippen molar-refractivity contribution in [3.63, 3.8) is 0 Å². The highest BCUT2D eigenvalue weighted by Gasteiger charge is 2.08. The zero-order chi connectivity index (χ0) is 16.9. The summed E-state index contributed by atoms with van der Waals surface area (Å²) in [7, 11) is 1.84. The van der Waals surface area contributed by atoms with E-state index in [9.17, 15) is 0 Å². The lowest BCUT2D eigenvalue weighted by Crippen LogP contribution is -2.38. The zero-order valence-corrected chi connectivity index (χ0v) is 15.3. The van der Waals surface area contributed by atoms with Gasteiger partial charge in [-0.25, -0.2) is 0 Å². The lowest BCUT2D eigenvalue weighted by atomic mass is 10.1. The molecule has 0 unspecified atom stereocenters. The van der Waals surface area contributed by atoms with Crippen LogP contribution in [0.15, 0.2) is 35.3 Å². The summed E-state index contributed by atoms with van der Waals surface area (Å²) in [6, 6.07) is 10.6. The molecule has 1 aliphatic heterocycles. The van der Waals surface area contributed by atoms with Gasteiger partial charge >= 0.3 is 0 Å². The molecule has 134 valence electrons. The van der Waals surface area contributed by atoms with Gasteiger partial charge in [-0.1, -0.05) is 43.2 Å². The summed E-state index contributed by atoms with van der Waals surface area (Å²) in [4.78, 5) is 6.92. The third-order valence-electron chi connectivity index (χ3n) is 4.66. The SMILES string of the molecule is CN=C(NCCCCCN1CCCCC1)NCCc1ccccc1. The van der Waals surface area contributed by atoms with Crippen LogP contribution in [0.5, 0.6) is 0 Å². The Morgan fingerprint density at radius 2 is 1.71 bits per heavy atom. The highest BCUT2D eigenvalue weighted by Crippen LogP contribution is 2.09. The molecule has 1 fully saturated rings. The van der Waals surface area contributed by atoms with Gasteiger partial charge in [-0.2, -0.15) is 0 Å². The van der Waals surface area contributed by atoms with Crippen LogP contribution in [0.25, 0.3) is 0 Å². The predicted molar refractivity (Wildman–Crippen MR) is 104 cm³/mol. The van der Waals surface area contributed by atoms with Crippen molar-refractivity contribution in [2.24, 2.45) is 4.99 Å². The maximum Gasteiger partial charge on any atom is 0.190 e. The summed E-state index contributed by atoms with van der Waals surface area (Å²) >= 11 is 0. The van der Waals surface area contributed by atoms with E-state index in [1.165, 1.54) is 63.7 Å². The van der Waals surface area contributed by atoms with Gasteiger partial charge in [0.15, 0.2) is 5.96 Å². The minimum Gasteiger partial charge on any atom is -0.356 e. The fourth-order valence-corrected chi connectivity index (χ4v) is 3.22. The summed E-state index contributed by atoms with van der Waals surface area (Å²) in [6.45, 7) is 5.83. The van der Waals surface area contributed by atoms with Crippen LogP contribution in [-0.4, -0.2) is 50.6 Å². The number of piperidine rings is 1. The summed E-state index contributed by atoms with van der Waals surface area (Å²) < 4.78 is 0. The van der Waals surface area contributed by atoms with Crippen LogP contribution in [-0.2, 0) is 6.42 Å². The van der Waals surface area contributed by atoms with E-state index in [2.05, 4.69) is 50.9 Å². The molecule has 1 saturated heterocycles. The van der Waals surface area contributed by atoms with Gasteiger partial charge in [0.05, 0.1) is 0 Å². The minimum atomic E-state index is 0.915. The molecule has 24 heavy (non-hydrogen) atoms. The van der Waals surface area contributed by atoms with Gasteiger partial charge in [0.1, 0.15) is 0 Å². The fraction of sp³-hybridized carbons (Fsp3) is 0.650. The van der Waals surface area contributed by atoms with E-state index in [0.717, 1.165) is 25.5 Å². The molecule has 0 aliphatic carbocycles. The maximum atomic E-state index is 4.30. The standard InChI is InChI=1S/C20H34N4/c1-21-20(23-15-13-19-11-5-2-6-12-19)22-14-7-3-8-16-24-17-9-4-10-18-24/h2,5-6,11-12H,3-4,7-10,13-18H2,1H3,(H2,21,22,23). The first-order chi connectivity index (χ1) is 11.9. The van der Waals surface area contributed by atoms with Gasteiger partial charge < -0.3 is 15.5 Å². The Morgan fingerprint density at radius 3 is 2.46 bits per heavy atom. The number of benzene rings is 1. The van der Waals surface area contributed by atoms with Crippen molar-refractivity contribution >= 4 is 5.96 Å². The average Bonchev–Trinajstić information content (AvgIpc) is 2.64. The number of nitrogens with zero attached hydrogens (tertiary/aromatic N) is 2. The number of guanidine groups is 1. The Hall–Kier alpha value is -1.55. The number of aliphatic imine (C=N–C) groups is 1. The van der Waals surface area contributed by atoms with Crippen LogP contribution in [0.3, 0.4) is 0 Å². The quantitative estimate of drug-likeness (QED) is 0.415. The zero-order valence-electron chi connectivity index (χ0n) is 15.3. The number of hydrogen-bond donors (Lipinski definition) is 2. The van der Waals surface area contributed by atoms with E-state index in [1.807, 2.05) is 7.05 Å². The molecule has 2 N–H and O–H groups in total. The second-order valence-electron chi connectivity index (χ2n) is 6.62. The van der Waals surface area contributed by atoms with Crippen molar-refractivity contribution in [2.75, 3.05) is 39.8 Å². The van der Waals surface area contributed by atoms with Gasteiger partial charge in [0.2, 0.25) is 0 Å². The average molecular weight is 331 g/mol. The molecular formula is C20H34N4. The van der Waals surface area contributed by atoms with E-state index in [-0.39, 0.29) is 0 Å². The highest BCUT2D eigenvalue weighted by molar-refractivity contribution is 5.79. The first kappa shape index (κ1) is 18.8. The van der Waals surface area contributed by atoms with Crippen LogP contribution in [0.2, 0.25) is 0 Å². The van der Waals surface area contributed by atoms with E-state index >= 15 is 0 Å². The molecule has 1 aromatic rings. The summed E-state index contributed by atoms with van der Waals surface area (Å²) in [5.74, 6) is 0.918. The normalized spacial score (nSPS) is 16.1. The van der Waals surface area contributed by atoms with E-state index in [1.54, 1.807) is 0 Å². The van der Waals surface area contributed by atoms with Crippen LogP contribution >= 0.6 is 0 Å². The molecule has 0 bridgehead atoms. The number of nitrogens with one attached hydrogen (secondary N) is 2. The molecular weight excluding hydrogens is 296 g/mol. The molecule has 0 atom stereocenters. The van der Waals surface area contributed by atoms with E-state index in [4.69, 9.17) is 0 Å². The topological polar surface area (TPSA) is 39.7 Å². The number of unbranched alkanes of at least 4 members (excludes halogenated alkanes) is 2. The van der Waals surface area contributed by atoms with Gasteiger partial charge in [0, 0.05) is 20.1 Å². The third kappa shape index (κ3) is 7.82. The van der Waals surface area contributed by atoms with Crippen LogP contribution in [0, 0.1) is 0 Å². The first-order valence-corrected chi connectivity index (χ1v) is 9.59. The Morgan fingerprint density at radius 1 is 0.958 bits per heavy atom. The minimum absolute atomic E-state index is 0.915. The molecule has 4 nitrogen and oxygen atoms in total. The molecule has 1 aromatic carbocycles. The van der Waals surface area contributed by atoms with Crippen molar-refractivity contribution < 1.29 is 0 Å². The largest absolute Gasteiger partial charge is 0.356 e. The second kappa shape index (κ2) is 11.9. The number of rotatable bonds is 9. The van der Waals surface area contributed by atoms with Gasteiger partial charge in [-0.3, -0.25) is 4.99 Å². The van der Waals surface area contributed by atoms with Crippen molar-refractivity contribution in [2.45, 2.75) is 44.9 Å². The monoisotopic (exact) mass is 330 g/mol. The summed E-state index contributed by atoms with van der Waals surface area (Å²) in [5, 5.41) is 6.81. The molecule has 4 heteroatoms. The smallest absolute Gasteiger partial charge is 0.190 e. The maximum absolute atomic E-state index is 4.30. The van der Waals surface area contributed by atoms with E-state index in [0.29, 0.717) is 0 Å². The van der Waals surface area contributed by atoms with Crippen molar-refractivity contribution in [3.8, 4) is 0 Å². The Kier molecular flexibility index (Phi) is 9.32. The second-order valence-corrected chi connectivity index (χ2v) is 6.62. The first-order valence-electron chi connectivity index (χ1n) is 9.59. The molecule has 0 saturated carbocycles. The van der Waals surface area contributed by atoms with Crippen molar-refractivity contribution in [1.29, 1.82) is 0 Å². The van der Waals surface area contributed by atoms with Crippen molar-refractivity contribution in [3.05, 3.63) is 35.9 Å². The number of hydrogen-bond acceptors (Lipinski definition) is 2. The lowest BCUT2D eigenvalue weighted by molar-refractivity contribution is 0.224. The van der Waals surface area contributed by atoms with Gasteiger partial charge in [0.25, 0.3) is 0 Å². The Labute approximate surface area is 147 Å². The molecule has 0 amide bonds. The van der Waals surface area contributed by atoms with Gasteiger partial charge in [-0.15, -0.1) is 0 Å². The lowest BCUT2D eigenvalue weighted by Gasteiger charge is -2.26. The fourth-order valence-electron chi connectivity index (χ4n) is 3.22. The van der Waals surface area contributed by atoms with E-state index < -0.39 is 0 Å². The molecule has 0 radical (unpaired) electrons. The highest BCUT2D eigenvalue weighted by atomic mass is 15.2. The Balaban J connectivity index is 1.47. The summed E-state index contributed by atoms with van der Waals surface area (Å²) in [6.07, 6.45) is 9.08. The Bertz CT molecular complexity index is 452. The van der Waals surface area contributed by atoms with Crippen LogP contribution in [0.1, 0.15) is 44.1 Å². The summed E-state index contributed by atoms with van der Waals surface area (Å²) in [5.41, 5.74) is 1.36. The third-order valence-corrected chi connectivity index (χ3v) is 4.66. The van der Waals surface area contributed by atoms with Crippen LogP contribution in [0.4, 0.5) is 0 Å². The molecule has 1 aliphatic rings. The number of likely N-dealkylation sites (tertiary alicyclic amines) is 1. The molecule has 0 spiro atoms. The molecule has 0 aromatic heterocycles. The van der Waals surface area contributed by atoms with Crippen molar-refractivity contribution in [1.82, 2.24) is 15.5 Å². The van der Waals surface area contributed by atoms with Crippen LogP contribution < -0.4 is 10.6 Å². The molecule has 2 rings (SSSR count). The van der Waals surface area contributed by atoms with Gasteiger partial charge in [-0.05, 0) is 57.3 Å². The molecule has 1 heterocycles.